The largest absolute Gasteiger partial charge is 0.399 e. The van der Waals surface area contributed by atoms with Gasteiger partial charge in [0.25, 0.3) is 0 Å². The van der Waals surface area contributed by atoms with E-state index in [0.29, 0.717) is 17.9 Å². The van der Waals surface area contributed by atoms with E-state index in [0.717, 1.165) is 6.42 Å². The van der Waals surface area contributed by atoms with E-state index in [1.54, 1.807) is 23.5 Å². The van der Waals surface area contributed by atoms with Gasteiger partial charge in [-0.25, -0.2) is 13.6 Å². The molecule has 1 aromatic heterocycles. The lowest BCUT2D eigenvalue weighted by molar-refractivity contribution is 0.597. The molecule has 0 atom stereocenters. The van der Waals surface area contributed by atoms with Gasteiger partial charge >= 0.3 is 0 Å². The van der Waals surface area contributed by atoms with Gasteiger partial charge in [0.15, 0.2) is 0 Å². The zero-order valence-corrected chi connectivity index (χ0v) is 12.7. The first-order valence-electron chi connectivity index (χ1n) is 6.04. The molecule has 108 valence electrons. The predicted octanol–water partition coefficient (Wildman–Crippen LogP) is 1.66. The number of sulfonamides is 1. The van der Waals surface area contributed by atoms with Crippen molar-refractivity contribution in [3.05, 3.63) is 40.6 Å². The maximum atomic E-state index is 11.6. The van der Waals surface area contributed by atoms with Crippen LogP contribution < -0.4 is 15.8 Å². The number of likely N-dealkylation sites (N-methyl/N-ethyl adjacent to an activating group) is 1. The van der Waals surface area contributed by atoms with E-state index in [-0.39, 0.29) is 4.90 Å². The first-order valence-corrected chi connectivity index (χ1v) is 8.46. The maximum Gasteiger partial charge on any atom is 0.240 e. The molecule has 1 heterocycles. The molecule has 5 nitrogen and oxygen atoms in total. The van der Waals surface area contributed by atoms with Crippen LogP contribution in [0, 0.1) is 0 Å². The second kappa shape index (κ2) is 5.82. The quantitative estimate of drug-likeness (QED) is 0.822. The fraction of sp³-hybridized carbons (Fsp3) is 0.231. The Hall–Kier alpha value is -1.57. The normalized spacial score (nSPS) is 11.5. The SMILES string of the molecule is CN(CCc1cccs1)c1ccc(N)cc1S(N)(=O)=O. The monoisotopic (exact) mass is 311 g/mol. The molecule has 0 aliphatic carbocycles. The molecule has 7 heteroatoms. The molecule has 0 unspecified atom stereocenters. The molecule has 20 heavy (non-hydrogen) atoms. The number of anilines is 2. The summed E-state index contributed by atoms with van der Waals surface area (Å²) in [6.45, 7) is 0.701. The first-order chi connectivity index (χ1) is 9.38. The fourth-order valence-corrected chi connectivity index (χ4v) is 3.44. The highest BCUT2D eigenvalue weighted by atomic mass is 32.2. The molecular formula is C13H17N3O2S2. The van der Waals surface area contributed by atoms with E-state index in [1.807, 2.05) is 23.4 Å². The van der Waals surface area contributed by atoms with Crippen molar-refractivity contribution in [2.75, 3.05) is 24.2 Å². The Balaban J connectivity index is 2.23. The van der Waals surface area contributed by atoms with E-state index in [2.05, 4.69) is 6.07 Å². The first kappa shape index (κ1) is 14.8. The summed E-state index contributed by atoms with van der Waals surface area (Å²) in [5, 5.41) is 7.27. The maximum absolute atomic E-state index is 11.6. The molecule has 1 aromatic carbocycles. The smallest absolute Gasteiger partial charge is 0.240 e. The zero-order chi connectivity index (χ0) is 14.8. The fourth-order valence-electron chi connectivity index (χ4n) is 1.93. The average molecular weight is 311 g/mol. The summed E-state index contributed by atoms with van der Waals surface area (Å²) in [4.78, 5) is 3.19. The second-order valence-corrected chi connectivity index (χ2v) is 7.09. The Morgan fingerprint density at radius 2 is 2.05 bits per heavy atom. The number of rotatable bonds is 5. The number of nitrogens with two attached hydrogens (primary N) is 2. The molecule has 2 rings (SSSR count). The van der Waals surface area contributed by atoms with Gasteiger partial charge in [-0.2, -0.15) is 0 Å². The molecule has 0 fully saturated rings. The molecule has 0 saturated heterocycles. The molecule has 0 amide bonds. The van der Waals surface area contributed by atoms with Gasteiger partial charge in [0.05, 0.1) is 5.69 Å². The third kappa shape index (κ3) is 3.50. The molecular weight excluding hydrogens is 294 g/mol. The highest BCUT2D eigenvalue weighted by Crippen LogP contribution is 2.26. The van der Waals surface area contributed by atoms with Crippen LogP contribution in [0.15, 0.2) is 40.6 Å². The average Bonchev–Trinajstić information content (AvgIpc) is 2.88. The van der Waals surface area contributed by atoms with Crippen LogP contribution in [0.2, 0.25) is 0 Å². The number of hydrogen-bond acceptors (Lipinski definition) is 5. The summed E-state index contributed by atoms with van der Waals surface area (Å²) in [6.07, 6.45) is 0.850. The molecule has 2 aromatic rings. The molecule has 0 bridgehead atoms. The van der Waals surface area contributed by atoms with Gasteiger partial charge in [0.1, 0.15) is 4.90 Å². The van der Waals surface area contributed by atoms with E-state index >= 15 is 0 Å². The lowest BCUT2D eigenvalue weighted by atomic mass is 10.2. The van der Waals surface area contributed by atoms with Crippen LogP contribution in [0.5, 0.6) is 0 Å². The predicted molar refractivity (Wildman–Crippen MR) is 83.5 cm³/mol. The van der Waals surface area contributed by atoms with Crippen LogP contribution in [0.3, 0.4) is 0 Å². The molecule has 0 aliphatic heterocycles. The van der Waals surface area contributed by atoms with Gasteiger partial charge in [-0.15, -0.1) is 11.3 Å². The van der Waals surface area contributed by atoms with Crippen molar-refractivity contribution in [3.8, 4) is 0 Å². The summed E-state index contributed by atoms with van der Waals surface area (Å²) in [5.41, 5.74) is 6.59. The summed E-state index contributed by atoms with van der Waals surface area (Å²) in [5.74, 6) is 0. The van der Waals surface area contributed by atoms with Crippen molar-refractivity contribution in [2.45, 2.75) is 11.3 Å². The lowest BCUT2D eigenvalue weighted by Crippen LogP contribution is -2.24. The van der Waals surface area contributed by atoms with Gasteiger partial charge in [0.2, 0.25) is 10.0 Å². The van der Waals surface area contributed by atoms with Crippen LogP contribution in [0.4, 0.5) is 11.4 Å². The van der Waals surface area contributed by atoms with Crippen LogP contribution in [0.1, 0.15) is 4.88 Å². The van der Waals surface area contributed by atoms with Crippen LogP contribution >= 0.6 is 11.3 Å². The Morgan fingerprint density at radius 1 is 1.30 bits per heavy atom. The summed E-state index contributed by atoms with van der Waals surface area (Å²) in [7, 11) is -1.95. The van der Waals surface area contributed by atoms with Crippen molar-refractivity contribution in [2.24, 2.45) is 5.14 Å². The van der Waals surface area contributed by atoms with Gasteiger partial charge < -0.3 is 10.6 Å². The summed E-state index contributed by atoms with van der Waals surface area (Å²) < 4.78 is 23.3. The second-order valence-electron chi connectivity index (χ2n) is 4.52. The van der Waals surface area contributed by atoms with Crippen LogP contribution in [-0.4, -0.2) is 22.0 Å². The van der Waals surface area contributed by atoms with Crippen LogP contribution in [0.25, 0.3) is 0 Å². The summed E-state index contributed by atoms with van der Waals surface area (Å²) in [6, 6.07) is 8.81. The lowest BCUT2D eigenvalue weighted by Gasteiger charge is -2.21. The minimum atomic E-state index is -3.79. The van der Waals surface area contributed by atoms with Gasteiger partial charge in [-0.1, -0.05) is 6.07 Å². The zero-order valence-electron chi connectivity index (χ0n) is 11.1. The molecule has 4 N–H and O–H groups in total. The minimum absolute atomic E-state index is 0.0613. The number of benzene rings is 1. The van der Waals surface area contributed by atoms with Gasteiger partial charge in [-0.05, 0) is 36.1 Å². The van der Waals surface area contributed by atoms with Crippen molar-refractivity contribution in [1.29, 1.82) is 0 Å². The van der Waals surface area contributed by atoms with Crippen molar-refractivity contribution < 1.29 is 8.42 Å². The number of hydrogen-bond donors (Lipinski definition) is 2. The third-order valence-corrected chi connectivity index (χ3v) is 4.85. The molecule has 0 radical (unpaired) electrons. The highest BCUT2D eigenvalue weighted by Gasteiger charge is 2.17. The van der Waals surface area contributed by atoms with Crippen molar-refractivity contribution >= 4 is 32.7 Å². The topological polar surface area (TPSA) is 89.4 Å². The van der Waals surface area contributed by atoms with Crippen molar-refractivity contribution in [3.63, 3.8) is 0 Å². The Bertz CT molecular complexity index is 682. The minimum Gasteiger partial charge on any atom is -0.399 e. The summed E-state index contributed by atoms with van der Waals surface area (Å²) >= 11 is 1.68. The molecule has 0 aliphatic rings. The van der Waals surface area contributed by atoms with E-state index in [4.69, 9.17) is 10.9 Å². The van der Waals surface area contributed by atoms with Gasteiger partial charge in [0, 0.05) is 24.2 Å². The third-order valence-electron chi connectivity index (χ3n) is 2.98. The number of thiophene rings is 1. The van der Waals surface area contributed by atoms with E-state index < -0.39 is 10.0 Å². The highest BCUT2D eigenvalue weighted by molar-refractivity contribution is 7.89. The standard InChI is InChI=1S/C13H17N3O2S2/c1-16(7-6-11-3-2-8-19-11)12-5-4-10(14)9-13(12)20(15,17)18/h2-5,8-9H,6-7,14H2,1H3,(H2,15,17,18). The number of nitrogens with zero attached hydrogens (tertiary/aromatic N) is 1. The van der Waals surface area contributed by atoms with Crippen LogP contribution in [-0.2, 0) is 16.4 Å². The Labute approximate surface area is 122 Å². The molecule has 0 spiro atoms. The van der Waals surface area contributed by atoms with E-state index in [1.165, 1.54) is 10.9 Å². The van der Waals surface area contributed by atoms with Crippen molar-refractivity contribution in [1.82, 2.24) is 0 Å². The Morgan fingerprint density at radius 3 is 2.65 bits per heavy atom. The van der Waals surface area contributed by atoms with Gasteiger partial charge in [-0.3, -0.25) is 0 Å². The number of primary sulfonamides is 1. The Kier molecular flexibility index (Phi) is 4.32. The molecule has 0 saturated carbocycles. The number of nitrogen functional groups attached to an aromatic ring is 1. The van der Waals surface area contributed by atoms with E-state index in [9.17, 15) is 8.42 Å².